The molecular formula is C18H29NO3. The van der Waals surface area contributed by atoms with Crippen LogP contribution in [-0.4, -0.2) is 35.0 Å². The van der Waals surface area contributed by atoms with Crippen molar-refractivity contribution in [3.63, 3.8) is 0 Å². The summed E-state index contributed by atoms with van der Waals surface area (Å²) in [7, 11) is 0. The third-order valence-corrected chi connectivity index (χ3v) is 6.57. The number of carbonyl (C=O) groups is 2. The predicted molar refractivity (Wildman–Crippen MR) is 84.5 cm³/mol. The lowest BCUT2D eigenvalue weighted by atomic mass is 9.66. The highest BCUT2D eigenvalue weighted by molar-refractivity contribution is 5.85. The van der Waals surface area contributed by atoms with Gasteiger partial charge in [0.05, 0.1) is 5.41 Å². The number of amides is 1. The number of carboxylic acid groups (broad SMARTS) is 1. The molecule has 1 N–H and O–H groups in total. The van der Waals surface area contributed by atoms with Crippen LogP contribution in [-0.2, 0) is 9.59 Å². The predicted octanol–water partition coefficient (Wildman–Crippen LogP) is 3.59. The summed E-state index contributed by atoms with van der Waals surface area (Å²) in [6, 6.07) is 0. The average molecular weight is 307 g/mol. The van der Waals surface area contributed by atoms with E-state index < -0.39 is 11.4 Å². The molecule has 1 spiro atoms. The SMILES string of the molecule is O=C(CC1(C(=O)O)CCC1)N1CCCC2(CCCCC2)CC1. The first-order valence-electron chi connectivity index (χ1n) is 9.07. The van der Waals surface area contributed by atoms with Crippen molar-refractivity contribution in [3.8, 4) is 0 Å². The number of rotatable bonds is 3. The highest BCUT2D eigenvalue weighted by atomic mass is 16.4. The molecule has 1 aliphatic heterocycles. The van der Waals surface area contributed by atoms with Crippen molar-refractivity contribution in [1.82, 2.24) is 4.90 Å². The Balaban J connectivity index is 1.58. The van der Waals surface area contributed by atoms with E-state index >= 15 is 0 Å². The lowest BCUT2D eigenvalue weighted by Gasteiger charge is -2.39. The van der Waals surface area contributed by atoms with E-state index in [9.17, 15) is 14.7 Å². The van der Waals surface area contributed by atoms with Crippen molar-refractivity contribution in [1.29, 1.82) is 0 Å². The van der Waals surface area contributed by atoms with Crippen molar-refractivity contribution in [2.24, 2.45) is 10.8 Å². The van der Waals surface area contributed by atoms with Gasteiger partial charge in [-0.1, -0.05) is 25.7 Å². The van der Waals surface area contributed by atoms with E-state index in [1.807, 2.05) is 4.90 Å². The Morgan fingerprint density at radius 3 is 2.09 bits per heavy atom. The van der Waals surface area contributed by atoms with Gasteiger partial charge in [-0.25, -0.2) is 0 Å². The molecule has 1 heterocycles. The molecule has 3 aliphatic rings. The van der Waals surface area contributed by atoms with Crippen LogP contribution >= 0.6 is 0 Å². The molecule has 0 aromatic rings. The molecule has 0 bridgehead atoms. The smallest absolute Gasteiger partial charge is 0.310 e. The molecule has 2 saturated carbocycles. The molecule has 3 fully saturated rings. The van der Waals surface area contributed by atoms with Crippen LogP contribution < -0.4 is 0 Å². The molecule has 124 valence electrons. The summed E-state index contributed by atoms with van der Waals surface area (Å²) < 4.78 is 0. The number of hydrogen-bond donors (Lipinski definition) is 1. The monoisotopic (exact) mass is 307 g/mol. The van der Waals surface area contributed by atoms with Crippen molar-refractivity contribution < 1.29 is 14.7 Å². The molecule has 0 unspecified atom stereocenters. The maximum absolute atomic E-state index is 12.6. The van der Waals surface area contributed by atoms with Gasteiger partial charge in [0, 0.05) is 19.5 Å². The van der Waals surface area contributed by atoms with Gasteiger partial charge in [0.2, 0.25) is 5.91 Å². The van der Waals surface area contributed by atoms with Crippen LogP contribution in [0.25, 0.3) is 0 Å². The second kappa shape index (κ2) is 6.21. The van der Waals surface area contributed by atoms with Gasteiger partial charge in [-0.15, -0.1) is 0 Å². The average Bonchev–Trinajstić information content (AvgIpc) is 2.66. The fraction of sp³-hybridized carbons (Fsp3) is 0.889. The summed E-state index contributed by atoms with van der Waals surface area (Å²) >= 11 is 0. The maximum atomic E-state index is 12.6. The van der Waals surface area contributed by atoms with Crippen LogP contribution in [0.5, 0.6) is 0 Å². The van der Waals surface area contributed by atoms with Crippen LogP contribution in [0.1, 0.15) is 77.0 Å². The van der Waals surface area contributed by atoms with Gasteiger partial charge in [0.15, 0.2) is 0 Å². The zero-order valence-corrected chi connectivity index (χ0v) is 13.6. The number of likely N-dealkylation sites (tertiary alicyclic amines) is 1. The summed E-state index contributed by atoms with van der Waals surface area (Å²) in [6.07, 6.45) is 12.7. The molecule has 4 nitrogen and oxygen atoms in total. The Morgan fingerprint density at radius 1 is 0.818 bits per heavy atom. The second-order valence-electron chi connectivity index (χ2n) is 7.91. The minimum atomic E-state index is -0.773. The van der Waals surface area contributed by atoms with E-state index in [1.165, 1.54) is 38.5 Å². The third-order valence-electron chi connectivity index (χ3n) is 6.57. The molecule has 3 rings (SSSR count). The summed E-state index contributed by atoms with van der Waals surface area (Å²) in [4.78, 5) is 26.0. The highest BCUT2D eigenvalue weighted by Gasteiger charge is 2.47. The minimum Gasteiger partial charge on any atom is -0.481 e. The second-order valence-corrected chi connectivity index (χ2v) is 7.91. The van der Waals surface area contributed by atoms with Gasteiger partial charge in [-0.3, -0.25) is 9.59 Å². The topological polar surface area (TPSA) is 57.6 Å². The van der Waals surface area contributed by atoms with Gasteiger partial charge >= 0.3 is 5.97 Å². The third kappa shape index (κ3) is 3.02. The van der Waals surface area contributed by atoms with Crippen LogP contribution in [0.15, 0.2) is 0 Å². The molecule has 0 radical (unpaired) electrons. The molecular weight excluding hydrogens is 278 g/mol. The number of aliphatic carboxylic acids is 1. The van der Waals surface area contributed by atoms with E-state index in [0.717, 1.165) is 32.4 Å². The molecule has 1 saturated heterocycles. The van der Waals surface area contributed by atoms with Gasteiger partial charge in [0.25, 0.3) is 0 Å². The zero-order valence-electron chi connectivity index (χ0n) is 13.6. The molecule has 4 heteroatoms. The number of carboxylic acids is 1. The lowest BCUT2D eigenvalue weighted by molar-refractivity contribution is -0.159. The summed E-state index contributed by atoms with van der Waals surface area (Å²) in [5.74, 6) is -0.694. The molecule has 0 atom stereocenters. The molecule has 1 amide bonds. The van der Waals surface area contributed by atoms with Gasteiger partial charge in [0.1, 0.15) is 0 Å². The molecule has 0 aromatic carbocycles. The Kier molecular flexibility index (Phi) is 4.47. The van der Waals surface area contributed by atoms with Gasteiger partial charge < -0.3 is 10.0 Å². The van der Waals surface area contributed by atoms with Crippen molar-refractivity contribution in [3.05, 3.63) is 0 Å². The van der Waals surface area contributed by atoms with Crippen molar-refractivity contribution in [2.75, 3.05) is 13.1 Å². The number of nitrogens with zero attached hydrogens (tertiary/aromatic N) is 1. The molecule has 22 heavy (non-hydrogen) atoms. The summed E-state index contributed by atoms with van der Waals surface area (Å²) in [5, 5.41) is 9.41. The van der Waals surface area contributed by atoms with Crippen molar-refractivity contribution >= 4 is 11.9 Å². The fourth-order valence-corrected chi connectivity index (χ4v) is 4.78. The first kappa shape index (κ1) is 15.8. The number of carbonyl (C=O) groups excluding carboxylic acids is 1. The quantitative estimate of drug-likeness (QED) is 0.866. The Morgan fingerprint density at radius 2 is 1.50 bits per heavy atom. The summed E-state index contributed by atoms with van der Waals surface area (Å²) in [6.45, 7) is 1.67. The van der Waals surface area contributed by atoms with E-state index in [1.54, 1.807) is 0 Å². The lowest BCUT2D eigenvalue weighted by Crippen LogP contribution is -2.44. The normalized spacial score (nSPS) is 27.0. The fourth-order valence-electron chi connectivity index (χ4n) is 4.78. The van der Waals surface area contributed by atoms with Crippen LogP contribution in [0, 0.1) is 10.8 Å². The Labute approximate surface area is 133 Å². The van der Waals surface area contributed by atoms with Crippen LogP contribution in [0.4, 0.5) is 0 Å². The van der Waals surface area contributed by atoms with Gasteiger partial charge in [-0.2, -0.15) is 0 Å². The standard InChI is InChI=1S/C18H29NO3/c20-15(14-18(16(21)22)9-4-10-18)19-12-5-8-17(11-13-19)6-2-1-3-7-17/h1-14H2,(H,21,22). The van der Waals surface area contributed by atoms with Crippen LogP contribution in [0.3, 0.4) is 0 Å². The zero-order chi connectivity index (χ0) is 15.6. The minimum absolute atomic E-state index is 0.0787. The van der Waals surface area contributed by atoms with E-state index in [0.29, 0.717) is 18.3 Å². The molecule has 0 aromatic heterocycles. The Bertz CT molecular complexity index is 436. The summed E-state index contributed by atoms with van der Waals surface area (Å²) in [5.41, 5.74) is -0.264. The highest BCUT2D eigenvalue weighted by Crippen LogP contribution is 2.46. The first-order chi connectivity index (χ1) is 10.6. The van der Waals surface area contributed by atoms with Gasteiger partial charge in [-0.05, 0) is 50.4 Å². The maximum Gasteiger partial charge on any atom is 0.310 e. The Hall–Kier alpha value is -1.06. The first-order valence-corrected chi connectivity index (χ1v) is 9.07. The largest absolute Gasteiger partial charge is 0.481 e. The van der Waals surface area contributed by atoms with Crippen molar-refractivity contribution in [2.45, 2.75) is 77.0 Å². The molecule has 2 aliphatic carbocycles. The number of hydrogen-bond acceptors (Lipinski definition) is 2. The van der Waals surface area contributed by atoms with E-state index in [2.05, 4.69) is 0 Å². The van der Waals surface area contributed by atoms with E-state index in [-0.39, 0.29) is 12.3 Å². The van der Waals surface area contributed by atoms with E-state index in [4.69, 9.17) is 0 Å². The van der Waals surface area contributed by atoms with Crippen LogP contribution in [0.2, 0.25) is 0 Å².